The lowest BCUT2D eigenvalue weighted by molar-refractivity contribution is 0.620. The van der Waals surface area contributed by atoms with E-state index < -0.39 is 0 Å². The third-order valence-electron chi connectivity index (χ3n) is 6.52. The van der Waals surface area contributed by atoms with Crippen molar-refractivity contribution in [3.05, 3.63) is 127 Å². The molecule has 0 spiro atoms. The highest BCUT2D eigenvalue weighted by Crippen LogP contribution is 2.33. The van der Waals surface area contributed by atoms with Crippen molar-refractivity contribution < 1.29 is 4.42 Å². The highest BCUT2D eigenvalue weighted by atomic mass is 16.3. The van der Waals surface area contributed by atoms with E-state index in [4.69, 9.17) is 19.4 Å². The van der Waals surface area contributed by atoms with Crippen LogP contribution in [-0.4, -0.2) is 15.0 Å². The van der Waals surface area contributed by atoms with E-state index in [0.29, 0.717) is 11.7 Å². The van der Waals surface area contributed by atoms with Crippen molar-refractivity contribution in [2.24, 2.45) is 0 Å². The molecule has 5 aromatic carbocycles. The third-order valence-corrected chi connectivity index (χ3v) is 6.52. The summed E-state index contributed by atoms with van der Waals surface area (Å²) in [6, 6.07) is 42.8. The number of nitrogens with zero attached hydrogens (tertiary/aromatic N) is 3. The number of benzene rings is 5. The number of hydrogen-bond donors (Lipinski definition) is 0. The van der Waals surface area contributed by atoms with Gasteiger partial charge in [0.25, 0.3) is 0 Å². The van der Waals surface area contributed by atoms with Crippen LogP contribution in [0.25, 0.3) is 67.2 Å². The van der Waals surface area contributed by atoms with E-state index in [-0.39, 0.29) is 0 Å². The van der Waals surface area contributed by atoms with Crippen LogP contribution >= 0.6 is 0 Å². The zero-order valence-corrected chi connectivity index (χ0v) is 19.9. The Morgan fingerprint density at radius 1 is 0.459 bits per heavy atom. The molecule has 4 nitrogen and oxygen atoms in total. The molecule has 2 aromatic heterocycles. The van der Waals surface area contributed by atoms with E-state index in [2.05, 4.69) is 54.6 Å². The highest BCUT2D eigenvalue weighted by Gasteiger charge is 2.14. The van der Waals surface area contributed by atoms with Crippen LogP contribution in [0.3, 0.4) is 0 Å². The molecular formula is C33H21N3O. The molecule has 7 rings (SSSR count). The molecular weight excluding hydrogens is 454 g/mol. The van der Waals surface area contributed by atoms with Gasteiger partial charge in [-0.2, -0.15) is 0 Å². The highest BCUT2D eigenvalue weighted by molar-refractivity contribution is 6.05. The first-order chi connectivity index (χ1) is 18.3. The van der Waals surface area contributed by atoms with Gasteiger partial charge in [0.2, 0.25) is 5.89 Å². The Morgan fingerprint density at radius 3 is 1.68 bits per heavy atom. The largest absolute Gasteiger partial charge is 0.436 e. The molecule has 0 amide bonds. The fourth-order valence-electron chi connectivity index (χ4n) is 4.65. The summed E-state index contributed by atoms with van der Waals surface area (Å²) in [5.41, 5.74) is 7.44. The second-order valence-electron chi connectivity index (χ2n) is 8.93. The van der Waals surface area contributed by atoms with Crippen LogP contribution in [0.5, 0.6) is 0 Å². The molecule has 0 atom stereocenters. The van der Waals surface area contributed by atoms with Crippen molar-refractivity contribution in [2.45, 2.75) is 0 Å². The molecule has 0 bridgehead atoms. The molecule has 0 unspecified atom stereocenters. The second-order valence-corrected chi connectivity index (χ2v) is 8.93. The quantitative estimate of drug-likeness (QED) is 0.256. The lowest BCUT2D eigenvalue weighted by Crippen LogP contribution is -1.96. The predicted octanol–water partition coefficient (Wildman–Crippen LogP) is 8.44. The van der Waals surface area contributed by atoms with Crippen molar-refractivity contribution in [2.75, 3.05) is 0 Å². The number of oxazole rings is 1. The van der Waals surface area contributed by atoms with Gasteiger partial charge in [0.15, 0.2) is 11.4 Å². The van der Waals surface area contributed by atoms with Gasteiger partial charge in [-0.1, -0.05) is 97.1 Å². The maximum atomic E-state index is 6.07. The molecule has 0 aliphatic carbocycles. The fourth-order valence-corrected chi connectivity index (χ4v) is 4.65. The molecule has 0 fully saturated rings. The summed E-state index contributed by atoms with van der Waals surface area (Å²) in [4.78, 5) is 14.8. The Bertz CT molecular complexity index is 1800. The van der Waals surface area contributed by atoms with Crippen LogP contribution in [-0.2, 0) is 0 Å². The van der Waals surface area contributed by atoms with Gasteiger partial charge in [0.05, 0.1) is 11.4 Å². The van der Waals surface area contributed by atoms with Crippen molar-refractivity contribution in [3.63, 3.8) is 0 Å². The van der Waals surface area contributed by atoms with Crippen molar-refractivity contribution >= 4 is 21.9 Å². The summed E-state index contributed by atoms with van der Waals surface area (Å²) in [7, 11) is 0. The minimum absolute atomic E-state index is 0.624. The lowest BCUT2D eigenvalue weighted by atomic mass is 10.0. The van der Waals surface area contributed by atoms with Crippen LogP contribution < -0.4 is 0 Å². The van der Waals surface area contributed by atoms with E-state index in [1.54, 1.807) is 0 Å². The van der Waals surface area contributed by atoms with Crippen LogP contribution in [0.15, 0.2) is 132 Å². The average Bonchev–Trinajstić information content (AvgIpc) is 3.43. The summed E-state index contributed by atoms with van der Waals surface area (Å²) in [5, 5.41) is 2.10. The maximum absolute atomic E-state index is 6.07. The zero-order valence-electron chi connectivity index (χ0n) is 19.9. The number of rotatable bonds is 4. The van der Waals surface area contributed by atoms with Crippen LogP contribution in [0, 0.1) is 0 Å². The maximum Gasteiger partial charge on any atom is 0.227 e. The zero-order chi connectivity index (χ0) is 24.6. The van der Waals surface area contributed by atoms with E-state index in [0.717, 1.165) is 55.5 Å². The molecule has 0 N–H and O–H groups in total. The number of hydrogen-bond acceptors (Lipinski definition) is 4. The van der Waals surface area contributed by atoms with Crippen molar-refractivity contribution in [3.8, 4) is 45.4 Å². The molecule has 2 heterocycles. The fraction of sp³-hybridized carbons (Fsp3) is 0. The SMILES string of the molecule is c1ccc(-c2cc(-c3ccccc3)nc(-c3ccc4c(ccc5oc(-c6ccccc6)nc54)c3)n2)cc1. The number of aromatic nitrogens is 3. The van der Waals surface area contributed by atoms with Gasteiger partial charge in [-0.25, -0.2) is 15.0 Å². The topological polar surface area (TPSA) is 51.8 Å². The molecule has 4 heteroatoms. The molecule has 37 heavy (non-hydrogen) atoms. The van der Waals surface area contributed by atoms with Gasteiger partial charge >= 0.3 is 0 Å². The van der Waals surface area contributed by atoms with E-state index >= 15 is 0 Å². The minimum atomic E-state index is 0.624. The molecule has 0 saturated carbocycles. The lowest BCUT2D eigenvalue weighted by Gasteiger charge is -2.10. The van der Waals surface area contributed by atoms with Crippen LogP contribution in [0.4, 0.5) is 0 Å². The minimum Gasteiger partial charge on any atom is -0.436 e. The monoisotopic (exact) mass is 475 g/mol. The summed E-state index contributed by atoms with van der Waals surface area (Å²) in [5.74, 6) is 1.31. The number of fused-ring (bicyclic) bond motifs is 3. The second kappa shape index (κ2) is 8.85. The molecule has 174 valence electrons. The van der Waals surface area contributed by atoms with Gasteiger partial charge in [0, 0.05) is 27.6 Å². The van der Waals surface area contributed by atoms with Gasteiger partial charge in [-0.15, -0.1) is 0 Å². The van der Waals surface area contributed by atoms with E-state index in [1.165, 1.54) is 0 Å². The summed E-state index contributed by atoms with van der Waals surface area (Å²) >= 11 is 0. The van der Waals surface area contributed by atoms with Gasteiger partial charge in [-0.3, -0.25) is 0 Å². The standard InChI is InChI=1S/C33H21N3O/c1-4-10-22(11-5-1)28-21-29(23-12-6-2-7-13-23)35-32(34-28)26-16-18-27-25(20-26)17-19-30-31(27)36-33(37-30)24-14-8-3-9-15-24/h1-21H. The first-order valence-electron chi connectivity index (χ1n) is 12.2. The van der Waals surface area contributed by atoms with Gasteiger partial charge in [-0.05, 0) is 35.7 Å². The Labute approximate surface area is 213 Å². The molecule has 0 saturated heterocycles. The first kappa shape index (κ1) is 21.2. The Hall–Kier alpha value is -5.09. The molecule has 0 radical (unpaired) electrons. The van der Waals surface area contributed by atoms with E-state index in [1.807, 2.05) is 72.8 Å². The Morgan fingerprint density at radius 2 is 1.05 bits per heavy atom. The molecule has 0 aliphatic heterocycles. The van der Waals surface area contributed by atoms with Crippen LogP contribution in [0.1, 0.15) is 0 Å². The summed E-state index contributed by atoms with van der Waals surface area (Å²) in [6.07, 6.45) is 0. The van der Waals surface area contributed by atoms with Gasteiger partial charge in [0.1, 0.15) is 5.52 Å². The average molecular weight is 476 g/mol. The third kappa shape index (κ3) is 3.95. The van der Waals surface area contributed by atoms with E-state index in [9.17, 15) is 0 Å². The molecule has 7 aromatic rings. The van der Waals surface area contributed by atoms with Crippen LogP contribution in [0.2, 0.25) is 0 Å². The first-order valence-corrected chi connectivity index (χ1v) is 12.2. The van der Waals surface area contributed by atoms with Crippen molar-refractivity contribution in [1.82, 2.24) is 15.0 Å². The normalized spacial score (nSPS) is 11.2. The van der Waals surface area contributed by atoms with Crippen molar-refractivity contribution in [1.29, 1.82) is 0 Å². The Balaban J connectivity index is 1.37. The Kier molecular flexibility index (Phi) is 5.07. The smallest absolute Gasteiger partial charge is 0.227 e. The summed E-state index contributed by atoms with van der Waals surface area (Å²) < 4.78 is 6.07. The summed E-state index contributed by atoms with van der Waals surface area (Å²) in [6.45, 7) is 0. The predicted molar refractivity (Wildman–Crippen MR) is 149 cm³/mol. The molecule has 0 aliphatic rings. The van der Waals surface area contributed by atoms with Gasteiger partial charge < -0.3 is 4.42 Å².